The molecule has 0 saturated heterocycles. The van der Waals surface area contributed by atoms with Gasteiger partial charge in [0.15, 0.2) is 0 Å². The van der Waals surface area contributed by atoms with Crippen molar-refractivity contribution in [1.82, 2.24) is 19.9 Å². The molecule has 0 bridgehead atoms. The summed E-state index contributed by atoms with van der Waals surface area (Å²) in [6.07, 6.45) is 0. The average Bonchev–Trinajstić information content (AvgIpc) is 3.28. The highest BCUT2D eigenvalue weighted by atomic mass is 32.1. The van der Waals surface area contributed by atoms with Crippen LogP contribution in [0.1, 0.15) is 15.9 Å². The number of carbonyl (C=O) groups excluding carboxylic acids is 1. The van der Waals surface area contributed by atoms with Crippen molar-refractivity contribution in [3.8, 4) is 40.3 Å². The molecule has 0 saturated carbocycles. The highest BCUT2D eigenvalue weighted by Crippen LogP contribution is 2.31. The average molecular weight is 465 g/mol. The monoisotopic (exact) mass is 464 g/mol. The Morgan fingerprint density at radius 1 is 0.971 bits per heavy atom. The molecule has 0 atom stereocenters. The van der Waals surface area contributed by atoms with Crippen LogP contribution < -0.4 is 10.5 Å². The Kier molecular flexibility index (Phi) is 5.33. The van der Waals surface area contributed by atoms with Crippen molar-refractivity contribution < 1.29 is 9.53 Å². The van der Waals surface area contributed by atoms with Gasteiger partial charge in [0.05, 0.1) is 16.7 Å². The zero-order valence-electron chi connectivity index (χ0n) is 17.6. The molecule has 2 aromatic heterocycles. The Labute approximate surface area is 198 Å². The van der Waals surface area contributed by atoms with Crippen LogP contribution in [0.15, 0.2) is 72.8 Å². The quantitative estimate of drug-likeness (QED) is 0.309. The Morgan fingerprint density at radius 3 is 2.44 bits per heavy atom. The number of fused-ring (bicyclic) bond motifs is 1. The number of imidazole rings is 1. The molecule has 3 aromatic carbocycles. The molecule has 0 aliphatic heterocycles. The van der Waals surface area contributed by atoms with E-state index in [-0.39, 0.29) is 16.2 Å². The second-order valence-electron chi connectivity index (χ2n) is 7.38. The number of nitriles is 1. The molecule has 0 unspecified atom stereocenters. The summed E-state index contributed by atoms with van der Waals surface area (Å²) in [6, 6.07) is 23.8. The van der Waals surface area contributed by atoms with Gasteiger partial charge < -0.3 is 20.4 Å². The van der Waals surface area contributed by atoms with E-state index in [0.29, 0.717) is 28.3 Å². The molecule has 34 heavy (non-hydrogen) atoms. The number of ether oxygens (including phenoxy) is 1. The second-order valence-corrected chi connectivity index (χ2v) is 7.77. The Hall–Kier alpha value is -4.81. The van der Waals surface area contributed by atoms with Gasteiger partial charge in [-0.3, -0.25) is 4.79 Å². The van der Waals surface area contributed by atoms with Gasteiger partial charge in [0.1, 0.15) is 23.2 Å². The lowest BCUT2D eigenvalue weighted by Crippen LogP contribution is -2.10. The zero-order chi connectivity index (χ0) is 23.7. The lowest BCUT2D eigenvalue weighted by Gasteiger charge is -2.10. The number of H-pyrrole nitrogens is 2. The highest BCUT2D eigenvalue weighted by Gasteiger charge is 2.15. The first-order valence-corrected chi connectivity index (χ1v) is 10.6. The van der Waals surface area contributed by atoms with E-state index in [1.54, 1.807) is 30.3 Å². The summed E-state index contributed by atoms with van der Waals surface area (Å²) >= 11 is 5.25. The molecule has 0 aliphatic carbocycles. The standard InChI is InChI=1S/C25H16N6O2S/c26-13-18-21(14-4-2-1-3-5-14)30-25(34)31-24(18)33-17-9-6-15(7-10-17)23-28-19-11-8-16(22(27)32)12-20(19)29-23/h1-12H,(H2,27,32)(H,28,29)(H,30,31,34). The Balaban J connectivity index is 1.46. The second kappa shape index (κ2) is 8.61. The van der Waals surface area contributed by atoms with E-state index in [9.17, 15) is 10.1 Å². The first-order valence-electron chi connectivity index (χ1n) is 10.2. The molecule has 0 radical (unpaired) electrons. The summed E-state index contributed by atoms with van der Waals surface area (Å²) in [5, 5.41) is 9.78. The van der Waals surface area contributed by atoms with Crippen molar-refractivity contribution in [3.63, 3.8) is 0 Å². The molecule has 0 spiro atoms. The molecule has 4 N–H and O–H groups in total. The number of nitrogens with two attached hydrogens (primary N) is 1. The van der Waals surface area contributed by atoms with Crippen molar-refractivity contribution >= 4 is 29.2 Å². The summed E-state index contributed by atoms with van der Waals surface area (Å²) in [5.74, 6) is 0.744. The van der Waals surface area contributed by atoms with E-state index >= 15 is 0 Å². The van der Waals surface area contributed by atoms with Crippen molar-refractivity contribution in [2.24, 2.45) is 5.73 Å². The number of aromatic amines is 2. The maximum absolute atomic E-state index is 11.4. The predicted molar refractivity (Wildman–Crippen MR) is 130 cm³/mol. The molecule has 164 valence electrons. The fraction of sp³-hybridized carbons (Fsp3) is 0. The number of nitrogens with zero attached hydrogens (tertiary/aromatic N) is 3. The molecule has 5 rings (SSSR count). The summed E-state index contributed by atoms with van der Waals surface area (Å²) in [7, 11) is 0. The van der Waals surface area contributed by atoms with Gasteiger partial charge in [-0.05, 0) is 60.2 Å². The van der Waals surface area contributed by atoms with E-state index in [0.717, 1.165) is 16.6 Å². The van der Waals surface area contributed by atoms with Crippen LogP contribution in [-0.4, -0.2) is 25.8 Å². The molecule has 0 fully saturated rings. The van der Waals surface area contributed by atoms with Crippen LogP contribution in [0.25, 0.3) is 33.7 Å². The van der Waals surface area contributed by atoms with Crippen molar-refractivity contribution in [2.45, 2.75) is 0 Å². The number of primary amides is 1. The van der Waals surface area contributed by atoms with Gasteiger partial charge in [0.2, 0.25) is 16.6 Å². The molecule has 8 nitrogen and oxygen atoms in total. The lowest BCUT2D eigenvalue weighted by atomic mass is 10.1. The normalized spacial score (nSPS) is 10.7. The van der Waals surface area contributed by atoms with E-state index in [1.807, 2.05) is 42.5 Å². The smallest absolute Gasteiger partial charge is 0.248 e. The molecule has 9 heteroatoms. The molecular formula is C25H16N6O2S. The number of nitrogens with one attached hydrogen (secondary N) is 2. The zero-order valence-corrected chi connectivity index (χ0v) is 18.4. The van der Waals surface area contributed by atoms with Gasteiger partial charge >= 0.3 is 0 Å². The first-order chi connectivity index (χ1) is 16.5. The van der Waals surface area contributed by atoms with E-state index in [1.165, 1.54) is 0 Å². The molecule has 2 heterocycles. The number of hydrogen-bond donors (Lipinski definition) is 3. The fourth-order valence-electron chi connectivity index (χ4n) is 3.54. The van der Waals surface area contributed by atoms with Gasteiger partial charge in [-0.1, -0.05) is 30.3 Å². The van der Waals surface area contributed by atoms with E-state index < -0.39 is 5.91 Å². The first kappa shape index (κ1) is 21.1. The van der Waals surface area contributed by atoms with Crippen LogP contribution in [0.5, 0.6) is 11.6 Å². The van der Waals surface area contributed by atoms with Crippen LogP contribution in [0.4, 0.5) is 0 Å². The van der Waals surface area contributed by atoms with Crippen molar-refractivity contribution in [1.29, 1.82) is 5.26 Å². The highest BCUT2D eigenvalue weighted by molar-refractivity contribution is 7.71. The van der Waals surface area contributed by atoms with Crippen LogP contribution in [-0.2, 0) is 0 Å². The summed E-state index contributed by atoms with van der Waals surface area (Å²) < 4.78 is 6.14. The third-order valence-electron chi connectivity index (χ3n) is 5.18. The predicted octanol–water partition coefficient (Wildman–Crippen LogP) is 5.11. The molecule has 0 aliphatic rings. The molecule has 5 aromatic rings. The van der Waals surface area contributed by atoms with Gasteiger partial charge in [-0.2, -0.15) is 10.2 Å². The minimum absolute atomic E-state index is 0.126. The Bertz CT molecular complexity index is 1630. The minimum Gasteiger partial charge on any atom is -0.438 e. The van der Waals surface area contributed by atoms with Crippen LogP contribution in [0, 0.1) is 16.1 Å². The van der Waals surface area contributed by atoms with Crippen molar-refractivity contribution in [2.75, 3.05) is 0 Å². The van der Waals surface area contributed by atoms with E-state index in [4.69, 9.17) is 22.7 Å². The maximum Gasteiger partial charge on any atom is 0.248 e. The largest absolute Gasteiger partial charge is 0.438 e. The summed E-state index contributed by atoms with van der Waals surface area (Å²) in [4.78, 5) is 26.4. The van der Waals surface area contributed by atoms with Crippen molar-refractivity contribution in [3.05, 3.63) is 88.7 Å². The minimum atomic E-state index is -0.499. The van der Waals surface area contributed by atoms with Crippen LogP contribution in [0.3, 0.4) is 0 Å². The number of rotatable bonds is 5. The third-order valence-corrected chi connectivity index (χ3v) is 5.38. The summed E-state index contributed by atoms with van der Waals surface area (Å²) in [5.41, 5.74) is 9.61. The van der Waals surface area contributed by atoms with Crippen LogP contribution >= 0.6 is 12.2 Å². The topological polar surface area (TPSA) is 133 Å². The third kappa shape index (κ3) is 4.01. The number of amides is 1. The number of hydrogen-bond acceptors (Lipinski definition) is 6. The van der Waals surface area contributed by atoms with Crippen LogP contribution in [0.2, 0.25) is 0 Å². The van der Waals surface area contributed by atoms with Gasteiger partial charge in [0, 0.05) is 11.1 Å². The molecular weight excluding hydrogens is 448 g/mol. The number of aromatic nitrogens is 4. The van der Waals surface area contributed by atoms with Gasteiger partial charge in [-0.15, -0.1) is 0 Å². The SMILES string of the molecule is N#Cc1c(Oc2ccc(-c3nc4ccc(C(N)=O)cc4[nH]3)cc2)nc(=S)[nH]c1-c1ccccc1. The molecule has 1 amide bonds. The number of benzene rings is 3. The van der Waals surface area contributed by atoms with E-state index in [2.05, 4.69) is 26.0 Å². The lowest BCUT2D eigenvalue weighted by molar-refractivity contribution is 0.100. The van der Waals surface area contributed by atoms with Gasteiger partial charge in [0.25, 0.3) is 0 Å². The summed E-state index contributed by atoms with van der Waals surface area (Å²) in [6.45, 7) is 0. The Morgan fingerprint density at radius 2 is 1.74 bits per heavy atom. The maximum atomic E-state index is 11.4. The number of carbonyl (C=O) groups is 1. The van der Waals surface area contributed by atoms with Gasteiger partial charge in [-0.25, -0.2) is 4.98 Å². The fourth-order valence-corrected chi connectivity index (χ4v) is 3.73.